The molecule has 0 saturated carbocycles. The van der Waals surface area contributed by atoms with Gasteiger partial charge in [0.25, 0.3) is 0 Å². The maximum Gasteiger partial charge on any atom is 0.101 e. The number of rotatable bonds is 1. The van der Waals surface area contributed by atoms with E-state index in [1.807, 2.05) is 6.07 Å². The van der Waals surface area contributed by atoms with E-state index in [1.165, 1.54) is 5.57 Å². The van der Waals surface area contributed by atoms with Gasteiger partial charge in [-0.1, -0.05) is 44.0 Å². The summed E-state index contributed by atoms with van der Waals surface area (Å²) in [5.41, 5.74) is 3.36. The zero-order valence-corrected chi connectivity index (χ0v) is 12.5. The lowest BCUT2D eigenvalue weighted by Crippen LogP contribution is -2.31. The lowest BCUT2D eigenvalue weighted by molar-refractivity contribution is 0.472. The average molecular weight is 275 g/mol. The largest absolute Gasteiger partial charge is 0.366 e. The number of nitriles is 1. The maximum absolute atomic E-state index is 9.19. The summed E-state index contributed by atoms with van der Waals surface area (Å²) in [7, 11) is 0. The van der Waals surface area contributed by atoms with Crippen LogP contribution in [-0.4, -0.2) is 13.1 Å². The van der Waals surface area contributed by atoms with Crippen LogP contribution >= 0.6 is 11.6 Å². The van der Waals surface area contributed by atoms with E-state index in [2.05, 4.69) is 37.8 Å². The topological polar surface area (TPSA) is 27.0 Å². The third kappa shape index (κ3) is 3.11. The van der Waals surface area contributed by atoms with Gasteiger partial charge in [-0.05, 0) is 30.0 Å². The zero-order chi connectivity index (χ0) is 14.0. The molecule has 0 aliphatic carbocycles. The summed E-state index contributed by atoms with van der Waals surface area (Å²) in [5.74, 6) is 0. The predicted molar refractivity (Wildman–Crippen MR) is 80.5 cm³/mol. The van der Waals surface area contributed by atoms with Crippen molar-refractivity contribution in [3.63, 3.8) is 0 Å². The lowest BCUT2D eigenvalue weighted by atomic mass is 9.83. The summed E-state index contributed by atoms with van der Waals surface area (Å²) in [6.45, 7) is 8.53. The van der Waals surface area contributed by atoms with Crippen LogP contribution in [0.25, 0.3) is 0 Å². The highest BCUT2D eigenvalue weighted by Gasteiger charge is 2.22. The lowest BCUT2D eigenvalue weighted by Gasteiger charge is -2.33. The molecule has 0 aromatic heterocycles. The van der Waals surface area contributed by atoms with Crippen LogP contribution < -0.4 is 4.90 Å². The molecule has 19 heavy (non-hydrogen) atoms. The Morgan fingerprint density at radius 1 is 1.32 bits per heavy atom. The Labute approximate surface area is 120 Å². The van der Waals surface area contributed by atoms with Crippen LogP contribution in [0, 0.1) is 16.7 Å². The molecule has 0 amide bonds. The molecule has 0 atom stereocenters. The second-order valence-electron chi connectivity index (χ2n) is 5.95. The number of anilines is 1. The van der Waals surface area contributed by atoms with E-state index in [0.29, 0.717) is 10.6 Å². The van der Waals surface area contributed by atoms with Crippen molar-refractivity contribution in [1.82, 2.24) is 0 Å². The molecule has 0 spiro atoms. The summed E-state index contributed by atoms with van der Waals surface area (Å²) in [4.78, 5) is 2.22. The molecule has 0 radical (unpaired) electrons. The Morgan fingerprint density at radius 2 is 2.05 bits per heavy atom. The van der Waals surface area contributed by atoms with Crippen molar-refractivity contribution < 1.29 is 0 Å². The van der Waals surface area contributed by atoms with E-state index in [4.69, 9.17) is 11.6 Å². The molecule has 0 fully saturated rings. The van der Waals surface area contributed by atoms with E-state index in [-0.39, 0.29) is 5.41 Å². The second-order valence-corrected chi connectivity index (χ2v) is 6.39. The minimum absolute atomic E-state index is 0.235. The minimum atomic E-state index is 0.235. The Balaban J connectivity index is 2.25. The molecular formula is C16H19ClN2. The number of hydrogen-bond donors (Lipinski definition) is 0. The molecule has 1 aromatic carbocycles. The first-order valence-corrected chi connectivity index (χ1v) is 6.94. The first kappa shape index (κ1) is 14.0. The molecule has 3 heteroatoms. The molecule has 0 unspecified atom stereocenters. The van der Waals surface area contributed by atoms with Crippen LogP contribution in [0.4, 0.5) is 5.69 Å². The molecule has 2 nitrogen and oxygen atoms in total. The first-order chi connectivity index (χ1) is 8.91. The monoisotopic (exact) mass is 274 g/mol. The number of benzene rings is 1. The molecular weight excluding hydrogens is 256 g/mol. The van der Waals surface area contributed by atoms with Crippen molar-refractivity contribution in [1.29, 1.82) is 5.26 Å². The van der Waals surface area contributed by atoms with Crippen molar-refractivity contribution in [2.24, 2.45) is 5.41 Å². The molecule has 1 aliphatic heterocycles. The zero-order valence-electron chi connectivity index (χ0n) is 11.7. The number of halogens is 1. The average Bonchev–Trinajstić information content (AvgIpc) is 2.38. The van der Waals surface area contributed by atoms with Gasteiger partial charge in [0.15, 0.2) is 0 Å². The fraction of sp³-hybridized carbons (Fsp3) is 0.438. The van der Waals surface area contributed by atoms with Crippen molar-refractivity contribution in [3.05, 3.63) is 40.4 Å². The van der Waals surface area contributed by atoms with Gasteiger partial charge in [-0.15, -0.1) is 0 Å². The summed E-state index contributed by atoms with van der Waals surface area (Å²) in [6, 6.07) is 7.69. The smallest absolute Gasteiger partial charge is 0.101 e. The molecule has 0 saturated heterocycles. The van der Waals surface area contributed by atoms with Crippen molar-refractivity contribution in [2.45, 2.75) is 27.2 Å². The number of hydrogen-bond acceptors (Lipinski definition) is 2. The normalized spacial score (nSPS) is 15.9. The predicted octanol–water partition coefficient (Wildman–Crippen LogP) is 4.39. The Morgan fingerprint density at radius 3 is 2.58 bits per heavy atom. The summed E-state index contributed by atoms with van der Waals surface area (Å²) < 4.78 is 0. The first-order valence-electron chi connectivity index (χ1n) is 6.56. The number of nitrogens with zero attached hydrogens (tertiary/aromatic N) is 2. The van der Waals surface area contributed by atoms with E-state index < -0.39 is 0 Å². The highest BCUT2D eigenvalue weighted by Crippen LogP contribution is 2.33. The van der Waals surface area contributed by atoms with E-state index in [9.17, 15) is 5.26 Å². The van der Waals surface area contributed by atoms with Gasteiger partial charge in [0.05, 0.1) is 11.3 Å². The highest BCUT2D eigenvalue weighted by molar-refractivity contribution is 6.30. The summed E-state index contributed by atoms with van der Waals surface area (Å²) in [5, 5.41) is 9.87. The molecule has 2 rings (SSSR count). The molecule has 1 aliphatic rings. The second kappa shape index (κ2) is 5.27. The SMILES string of the molecule is CC(C)(C)C1=CCN(c2cc(Cl)ccc2C#N)CC1. The van der Waals surface area contributed by atoms with Gasteiger partial charge in [0, 0.05) is 18.1 Å². The third-order valence-corrected chi connectivity index (χ3v) is 3.83. The fourth-order valence-electron chi connectivity index (χ4n) is 2.43. The highest BCUT2D eigenvalue weighted by atomic mass is 35.5. The standard InChI is InChI=1S/C16H19ClN2/c1-16(2,3)13-6-8-19(9-7-13)15-10-14(17)5-4-12(15)11-18/h4-6,10H,7-9H2,1-3H3. The summed E-state index contributed by atoms with van der Waals surface area (Å²) in [6.07, 6.45) is 3.33. The van der Waals surface area contributed by atoms with Gasteiger partial charge in [-0.2, -0.15) is 5.26 Å². The molecule has 0 N–H and O–H groups in total. The van der Waals surface area contributed by atoms with Crippen LogP contribution in [0.15, 0.2) is 29.8 Å². The van der Waals surface area contributed by atoms with Crippen molar-refractivity contribution >= 4 is 17.3 Å². The van der Waals surface area contributed by atoms with Crippen LogP contribution in [0.1, 0.15) is 32.8 Å². The van der Waals surface area contributed by atoms with Crippen LogP contribution in [0.2, 0.25) is 5.02 Å². The van der Waals surface area contributed by atoms with E-state index in [0.717, 1.165) is 25.2 Å². The van der Waals surface area contributed by atoms with Gasteiger partial charge in [0.2, 0.25) is 0 Å². The quantitative estimate of drug-likeness (QED) is 0.710. The fourth-order valence-corrected chi connectivity index (χ4v) is 2.60. The summed E-state index contributed by atoms with van der Waals surface area (Å²) >= 11 is 6.04. The third-order valence-electron chi connectivity index (χ3n) is 3.59. The van der Waals surface area contributed by atoms with Gasteiger partial charge in [-0.25, -0.2) is 0 Å². The molecule has 1 aromatic rings. The maximum atomic E-state index is 9.19. The van der Waals surface area contributed by atoms with Gasteiger partial charge in [0.1, 0.15) is 6.07 Å². The Hall–Kier alpha value is -1.46. The van der Waals surface area contributed by atoms with Crippen molar-refractivity contribution in [2.75, 3.05) is 18.0 Å². The van der Waals surface area contributed by atoms with E-state index in [1.54, 1.807) is 12.1 Å². The van der Waals surface area contributed by atoms with Crippen LogP contribution in [0.5, 0.6) is 0 Å². The van der Waals surface area contributed by atoms with Crippen LogP contribution in [-0.2, 0) is 0 Å². The molecule has 100 valence electrons. The molecule has 1 heterocycles. The van der Waals surface area contributed by atoms with E-state index >= 15 is 0 Å². The van der Waals surface area contributed by atoms with Gasteiger partial charge >= 0.3 is 0 Å². The van der Waals surface area contributed by atoms with Crippen molar-refractivity contribution in [3.8, 4) is 6.07 Å². The Bertz CT molecular complexity index is 547. The molecule has 0 bridgehead atoms. The minimum Gasteiger partial charge on any atom is -0.366 e. The van der Waals surface area contributed by atoms with Gasteiger partial charge in [-0.3, -0.25) is 0 Å². The van der Waals surface area contributed by atoms with Crippen LogP contribution in [0.3, 0.4) is 0 Å². The Kier molecular flexibility index (Phi) is 3.87. The van der Waals surface area contributed by atoms with Gasteiger partial charge < -0.3 is 4.90 Å².